The van der Waals surface area contributed by atoms with E-state index < -0.39 is 0 Å². The van der Waals surface area contributed by atoms with Crippen molar-refractivity contribution in [1.29, 1.82) is 0 Å². The standard InChI is InChI=1S/C20H20N2O3/c1-14-17(11-12-25-14)20(23)22-19-6-4-3-5-18(19)16-9-7-15(8-10-16)13-21-24-2/h3-10,13H,11-12H2,1-2H3,(H,22,23). The largest absolute Gasteiger partial charge is 0.497 e. The summed E-state index contributed by atoms with van der Waals surface area (Å²) in [5.74, 6) is 0.600. The molecule has 25 heavy (non-hydrogen) atoms. The van der Waals surface area contributed by atoms with Gasteiger partial charge >= 0.3 is 0 Å². The van der Waals surface area contributed by atoms with E-state index in [1.165, 1.54) is 7.11 Å². The normalized spacial score (nSPS) is 13.8. The molecule has 1 amide bonds. The topological polar surface area (TPSA) is 59.9 Å². The minimum Gasteiger partial charge on any atom is -0.497 e. The Bertz CT molecular complexity index is 823. The Morgan fingerprint density at radius 1 is 1.20 bits per heavy atom. The molecule has 0 saturated heterocycles. The molecule has 0 spiro atoms. The van der Waals surface area contributed by atoms with Gasteiger partial charge in [0, 0.05) is 17.7 Å². The molecule has 128 valence electrons. The van der Waals surface area contributed by atoms with Crippen LogP contribution in [0.25, 0.3) is 11.1 Å². The maximum absolute atomic E-state index is 12.5. The van der Waals surface area contributed by atoms with Crippen molar-refractivity contribution in [2.24, 2.45) is 5.16 Å². The molecule has 1 aliphatic heterocycles. The Balaban J connectivity index is 1.85. The summed E-state index contributed by atoms with van der Waals surface area (Å²) in [4.78, 5) is 17.2. The molecule has 3 rings (SSSR count). The van der Waals surface area contributed by atoms with E-state index in [1.807, 2.05) is 55.5 Å². The summed E-state index contributed by atoms with van der Waals surface area (Å²) in [7, 11) is 1.51. The van der Waals surface area contributed by atoms with Gasteiger partial charge in [0.1, 0.15) is 12.9 Å². The highest BCUT2D eigenvalue weighted by atomic mass is 16.6. The maximum atomic E-state index is 12.5. The Labute approximate surface area is 147 Å². The lowest BCUT2D eigenvalue weighted by Crippen LogP contribution is -2.15. The van der Waals surface area contributed by atoms with Crippen LogP contribution >= 0.6 is 0 Å². The summed E-state index contributed by atoms with van der Waals surface area (Å²) < 4.78 is 5.38. The smallest absolute Gasteiger partial charge is 0.255 e. The fourth-order valence-electron chi connectivity index (χ4n) is 2.75. The van der Waals surface area contributed by atoms with Gasteiger partial charge in [0.25, 0.3) is 5.91 Å². The van der Waals surface area contributed by atoms with Gasteiger partial charge in [0.15, 0.2) is 0 Å². The molecule has 2 aromatic carbocycles. The van der Waals surface area contributed by atoms with Crippen LogP contribution in [0.3, 0.4) is 0 Å². The third kappa shape index (κ3) is 3.88. The molecule has 0 bridgehead atoms. The van der Waals surface area contributed by atoms with Crippen LogP contribution in [0.4, 0.5) is 5.69 Å². The number of rotatable bonds is 5. The van der Waals surface area contributed by atoms with E-state index in [1.54, 1.807) is 6.21 Å². The zero-order chi connectivity index (χ0) is 17.6. The second-order valence-electron chi connectivity index (χ2n) is 5.67. The highest BCUT2D eigenvalue weighted by Gasteiger charge is 2.20. The van der Waals surface area contributed by atoms with Gasteiger partial charge in [-0.3, -0.25) is 4.79 Å². The predicted molar refractivity (Wildman–Crippen MR) is 98.4 cm³/mol. The summed E-state index contributed by atoms with van der Waals surface area (Å²) in [5, 5.41) is 6.76. The summed E-state index contributed by atoms with van der Waals surface area (Å²) in [6.45, 7) is 2.40. The lowest BCUT2D eigenvalue weighted by atomic mass is 10.0. The number of ether oxygens (including phenoxy) is 1. The van der Waals surface area contributed by atoms with Crippen molar-refractivity contribution < 1.29 is 14.4 Å². The third-order valence-corrected chi connectivity index (χ3v) is 4.07. The number of benzene rings is 2. The first-order valence-electron chi connectivity index (χ1n) is 8.09. The highest BCUT2D eigenvalue weighted by Crippen LogP contribution is 2.29. The van der Waals surface area contributed by atoms with Crippen molar-refractivity contribution in [3.8, 4) is 11.1 Å². The highest BCUT2D eigenvalue weighted by molar-refractivity contribution is 6.06. The molecule has 0 saturated carbocycles. The quantitative estimate of drug-likeness (QED) is 0.664. The van der Waals surface area contributed by atoms with Gasteiger partial charge in [0.05, 0.1) is 18.4 Å². The number of hydrogen-bond donors (Lipinski definition) is 1. The van der Waals surface area contributed by atoms with Crippen LogP contribution in [-0.4, -0.2) is 25.8 Å². The van der Waals surface area contributed by atoms with Crippen LogP contribution in [0.2, 0.25) is 0 Å². The van der Waals surface area contributed by atoms with Crippen LogP contribution in [0, 0.1) is 0 Å². The molecule has 0 radical (unpaired) electrons. The van der Waals surface area contributed by atoms with E-state index >= 15 is 0 Å². The number of para-hydroxylation sites is 1. The van der Waals surface area contributed by atoms with E-state index in [4.69, 9.17) is 4.74 Å². The summed E-state index contributed by atoms with van der Waals surface area (Å²) >= 11 is 0. The van der Waals surface area contributed by atoms with Crippen molar-refractivity contribution in [1.82, 2.24) is 0 Å². The Hall–Kier alpha value is -3.08. The van der Waals surface area contributed by atoms with Crippen molar-refractivity contribution in [3.05, 3.63) is 65.4 Å². The first-order chi connectivity index (χ1) is 12.2. The van der Waals surface area contributed by atoms with Crippen molar-refractivity contribution >= 4 is 17.8 Å². The predicted octanol–water partition coefficient (Wildman–Crippen LogP) is 3.97. The zero-order valence-electron chi connectivity index (χ0n) is 14.3. The van der Waals surface area contributed by atoms with Crippen molar-refractivity contribution in [3.63, 3.8) is 0 Å². The van der Waals surface area contributed by atoms with Gasteiger partial charge in [-0.25, -0.2) is 0 Å². The first-order valence-corrected chi connectivity index (χ1v) is 8.09. The fourth-order valence-corrected chi connectivity index (χ4v) is 2.75. The number of nitrogens with zero attached hydrogens (tertiary/aromatic N) is 1. The van der Waals surface area contributed by atoms with E-state index in [-0.39, 0.29) is 5.91 Å². The van der Waals surface area contributed by atoms with Crippen LogP contribution in [0.5, 0.6) is 0 Å². The van der Waals surface area contributed by atoms with Crippen LogP contribution in [-0.2, 0) is 14.4 Å². The van der Waals surface area contributed by atoms with E-state index in [0.717, 1.165) is 22.4 Å². The average molecular weight is 336 g/mol. The Kier molecular flexibility index (Phi) is 5.14. The zero-order valence-corrected chi connectivity index (χ0v) is 14.3. The number of anilines is 1. The number of carbonyl (C=O) groups excluding carboxylic acids is 1. The van der Waals surface area contributed by atoms with Gasteiger partial charge in [-0.05, 0) is 24.1 Å². The van der Waals surface area contributed by atoms with Gasteiger partial charge in [0.2, 0.25) is 0 Å². The molecule has 2 aromatic rings. The molecule has 0 atom stereocenters. The van der Waals surface area contributed by atoms with Crippen molar-refractivity contribution in [2.45, 2.75) is 13.3 Å². The molecule has 0 aliphatic carbocycles. The molecular formula is C20H20N2O3. The summed E-state index contributed by atoms with van der Waals surface area (Å²) in [6, 6.07) is 15.6. The molecule has 1 N–H and O–H groups in total. The monoisotopic (exact) mass is 336 g/mol. The van der Waals surface area contributed by atoms with Gasteiger partial charge in [-0.15, -0.1) is 0 Å². The third-order valence-electron chi connectivity index (χ3n) is 4.07. The van der Waals surface area contributed by atoms with E-state index in [0.29, 0.717) is 24.4 Å². The number of hydrogen-bond acceptors (Lipinski definition) is 4. The lowest BCUT2D eigenvalue weighted by molar-refractivity contribution is -0.113. The van der Waals surface area contributed by atoms with Crippen LogP contribution < -0.4 is 5.32 Å². The average Bonchev–Trinajstić information content (AvgIpc) is 3.07. The first kappa shape index (κ1) is 16.8. The molecule has 5 heteroatoms. The Morgan fingerprint density at radius 2 is 1.96 bits per heavy atom. The molecule has 5 nitrogen and oxygen atoms in total. The summed E-state index contributed by atoms with van der Waals surface area (Å²) in [6.07, 6.45) is 2.29. The van der Waals surface area contributed by atoms with Crippen molar-refractivity contribution in [2.75, 3.05) is 19.0 Å². The Morgan fingerprint density at radius 3 is 2.64 bits per heavy atom. The second kappa shape index (κ2) is 7.66. The number of carbonyl (C=O) groups is 1. The number of allylic oxidation sites excluding steroid dienone is 1. The molecule has 0 aromatic heterocycles. The van der Waals surface area contributed by atoms with E-state index in [2.05, 4.69) is 15.3 Å². The number of amides is 1. The number of nitrogens with one attached hydrogen (secondary N) is 1. The van der Waals surface area contributed by atoms with E-state index in [9.17, 15) is 4.79 Å². The fraction of sp³-hybridized carbons (Fsp3) is 0.200. The molecular weight excluding hydrogens is 316 g/mol. The SMILES string of the molecule is CON=Cc1ccc(-c2ccccc2NC(=O)C2=C(C)OCC2)cc1. The van der Waals surface area contributed by atoms with Crippen LogP contribution in [0.15, 0.2) is 65.0 Å². The molecule has 0 unspecified atom stereocenters. The minimum atomic E-state index is -0.105. The molecule has 1 aliphatic rings. The summed E-state index contributed by atoms with van der Waals surface area (Å²) in [5.41, 5.74) is 4.40. The second-order valence-corrected chi connectivity index (χ2v) is 5.67. The van der Waals surface area contributed by atoms with Gasteiger partial charge in [-0.1, -0.05) is 47.6 Å². The molecule has 0 fully saturated rings. The van der Waals surface area contributed by atoms with Gasteiger partial charge < -0.3 is 14.9 Å². The maximum Gasteiger partial charge on any atom is 0.255 e. The molecule has 1 heterocycles. The lowest BCUT2D eigenvalue weighted by Gasteiger charge is -2.12. The minimum absolute atomic E-state index is 0.105. The van der Waals surface area contributed by atoms with Gasteiger partial charge in [-0.2, -0.15) is 0 Å². The van der Waals surface area contributed by atoms with Crippen LogP contribution in [0.1, 0.15) is 18.9 Å². The number of oxime groups is 1.